The Kier molecular flexibility index (Phi) is 6.81. The zero-order valence-electron chi connectivity index (χ0n) is 13.3. The predicted octanol–water partition coefficient (Wildman–Crippen LogP) is 3.27. The van der Waals surface area contributed by atoms with Crippen molar-refractivity contribution in [2.24, 2.45) is 5.73 Å². The number of allylic oxidation sites excluding steroid dienone is 1. The SMILES string of the molecule is C=C1CCC(CN)P1.Cc1ccc(N2CCOCC2)c(F)c1. The average molecular weight is 324 g/mol. The molecule has 0 aromatic heterocycles. The highest BCUT2D eigenvalue weighted by molar-refractivity contribution is 7.44. The molecule has 0 spiro atoms. The van der Waals surface area contributed by atoms with E-state index in [0.29, 0.717) is 18.9 Å². The first-order valence-corrected chi connectivity index (χ1v) is 8.91. The zero-order chi connectivity index (χ0) is 15.9. The van der Waals surface area contributed by atoms with Crippen LogP contribution in [0.1, 0.15) is 18.4 Å². The van der Waals surface area contributed by atoms with E-state index < -0.39 is 0 Å². The molecule has 22 heavy (non-hydrogen) atoms. The summed E-state index contributed by atoms with van der Waals surface area (Å²) in [5.74, 6) is -0.132. The second-order valence-corrected chi connectivity index (χ2v) is 7.59. The van der Waals surface area contributed by atoms with Crippen LogP contribution in [-0.2, 0) is 4.74 Å². The van der Waals surface area contributed by atoms with E-state index in [1.54, 1.807) is 6.07 Å². The molecule has 2 aliphatic rings. The van der Waals surface area contributed by atoms with Gasteiger partial charge in [0.1, 0.15) is 5.82 Å². The molecule has 5 heteroatoms. The first-order valence-electron chi connectivity index (χ1n) is 7.83. The number of hydrogen-bond acceptors (Lipinski definition) is 3. The van der Waals surface area contributed by atoms with Gasteiger partial charge in [-0.05, 0) is 49.7 Å². The Labute approximate surface area is 134 Å². The number of halogens is 1. The highest BCUT2D eigenvalue weighted by Crippen LogP contribution is 2.40. The van der Waals surface area contributed by atoms with Gasteiger partial charge in [-0.3, -0.25) is 0 Å². The van der Waals surface area contributed by atoms with Gasteiger partial charge in [0.05, 0.1) is 18.9 Å². The van der Waals surface area contributed by atoms with Gasteiger partial charge in [0.2, 0.25) is 0 Å². The highest BCUT2D eigenvalue weighted by Gasteiger charge is 2.15. The van der Waals surface area contributed by atoms with Crippen LogP contribution in [0.25, 0.3) is 0 Å². The Hall–Kier alpha value is -0.960. The lowest BCUT2D eigenvalue weighted by Gasteiger charge is -2.29. The van der Waals surface area contributed by atoms with Crippen LogP contribution in [-0.4, -0.2) is 38.5 Å². The quantitative estimate of drug-likeness (QED) is 0.849. The molecule has 0 saturated carbocycles. The average Bonchev–Trinajstić information content (AvgIpc) is 2.95. The molecule has 1 aromatic carbocycles. The molecule has 0 radical (unpaired) electrons. The second kappa shape index (κ2) is 8.61. The number of nitrogens with zero attached hydrogens (tertiary/aromatic N) is 1. The topological polar surface area (TPSA) is 38.5 Å². The van der Waals surface area contributed by atoms with Crippen molar-refractivity contribution >= 4 is 14.3 Å². The number of rotatable bonds is 2. The van der Waals surface area contributed by atoms with Crippen LogP contribution in [0.2, 0.25) is 0 Å². The smallest absolute Gasteiger partial charge is 0.146 e. The van der Waals surface area contributed by atoms with E-state index in [0.717, 1.165) is 39.4 Å². The minimum absolute atomic E-state index is 0.132. The highest BCUT2D eigenvalue weighted by atomic mass is 31.1. The maximum atomic E-state index is 13.6. The Balaban J connectivity index is 0.000000188. The van der Waals surface area contributed by atoms with E-state index in [1.807, 2.05) is 24.0 Å². The standard InChI is InChI=1S/C11H14FNO.C6H12NP/c1-9-2-3-11(10(12)8-9)13-4-6-14-7-5-13;1-5-2-3-6(4-7)8-5/h2-3,8H,4-7H2,1H3;6,8H,1-4,7H2. The lowest BCUT2D eigenvalue weighted by atomic mass is 10.2. The molecular weight excluding hydrogens is 298 g/mol. The Morgan fingerprint density at radius 1 is 1.41 bits per heavy atom. The first-order chi connectivity index (χ1) is 10.6. The van der Waals surface area contributed by atoms with E-state index in [-0.39, 0.29) is 5.82 Å². The lowest BCUT2D eigenvalue weighted by Crippen LogP contribution is -2.36. The van der Waals surface area contributed by atoms with Gasteiger partial charge in [-0.25, -0.2) is 4.39 Å². The van der Waals surface area contributed by atoms with E-state index >= 15 is 0 Å². The van der Waals surface area contributed by atoms with Gasteiger partial charge in [0.15, 0.2) is 0 Å². The summed E-state index contributed by atoms with van der Waals surface area (Å²) >= 11 is 0. The summed E-state index contributed by atoms with van der Waals surface area (Å²) in [5.41, 5.74) is 7.89. The molecule has 2 unspecified atom stereocenters. The van der Waals surface area contributed by atoms with E-state index in [9.17, 15) is 4.39 Å². The van der Waals surface area contributed by atoms with Crippen LogP contribution in [0, 0.1) is 12.7 Å². The van der Waals surface area contributed by atoms with Crippen LogP contribution < -0.4 is 10.6 Å². The Morgan fingerprint density at radius 3 is 2.64 bits per heavy atom. The number of hydrogen-bond donors (Lipinski definition) is 1. The normalized spacial score (nSPS) is 22.6. The molecule has 2 fully saturated rings. The largest absolute Gasteiger partial charge is 0.378 e. The minimum Gasteiger partial charge on any atom is -0.378 e. The second-order valence-electron chi connectivity index (χ2n) is 5.77. The molecule has 0 amide bonds. The van der Waals surface area contributed by atoms with Gasteiger partial charge in [-0.1, -0.05) is 26.5 Å². The minimum atomic E-state index is -0.132. The molecule has 1 aromatic rings. The lowest BCUT2D eigenvalue weighted by molar-refractivity contribution is 0.122. The van der Waals surface area contributed by atoms with Gasteiger partial charge in [0.25, 0.3) is 0 Å². The molecule has 2 aliphatic heterocycles. The molecule has 2 saturated heterocycles. The maximum Gasteiger partial charge on any atom is 0.146 e. The molecule has 2 atom stereocenters. The molecule has 2 N–H and O–H groups in total. The fourth-order valence-corrected chi connectivity index (χ4v) is 3.90. The van der Waals surface area contributed by atoms with Gasteiger partial charge in [-0.15, -0.1) is 0 Å². The van der Waals surface area contributed by atoms with Crippen LogP contribution in [0.4, 0.5) is 10.1 Å². The van der Waals surface area contributed by atoms with Crippen molar-refractivity contribution in [1.82, 2.24) is 0 Å². The summed E-state index contributed by atoms with van der Waals surface area (Å²) in [4.78, 5) is 2.03. The van der Waals surface area contributed by atoms with Crippen molar-refractivity contribution in [2.75, 3.05) is 37.7 Å². The summed E-state index contributed by atoms with van der Waals surface area (Å²) < 4.78 is 18.8. The Bertz CT molecular complexity index is 503. The van der Waals surface area contributed by atoms with Crippen molar-refractivity contribution in [3.05, 3.63) is 41.5 Å². The molecule has 0 bridgehead atoms. The van der Waals surface area contributed by atoms with Crippen LogP contribution in [0.3, 0.4) is 0 Å². The number of morpholine rings is 1. The van der Waals surface area contributed by atoms with Gasteiger partial charge >= 0.3 is 0 Å². The maximum absolute atomic E-state index is 13.6. The van der Waals surface area contributed by atoms with Crippen LogP contribution in [0.5, 0.6) is 0 Å². The van der Waals surface area contributed by atoms with E-state index in [4.69, 9.17) is 10.5 Å². The van der Waals surface area contributed by atoms with Crippen molar-refractivity contribution in [2.45, 2.75) is 25.4 Å². The molecule has 3 rings (SSSR count). The van der Waals surface area contributed by atoms with Gasteiger partial charge in [0, 0.05) is 13.1 Å². The molecular formula is C17H26FN2OP. The number of anilines is 1. The van der Waals surface area contributed by atoms with Crippen LogP contribution >= 0.6 is 8.58 Å². The number of benzene rings is 1. The summed E-state index contributed by atoms with van der Waals surface area (Å²) in [7, 11) is 0.954. The predicted molar refractivity (Wildman–Crippen MR) is 93.7 cm³/mol. The van der Waals surface area contributed by atoms with E-state index in [2.05, 4.69) is 6.58 Å². The third-order valence-electron chi connectivity index (χ3n) is 3.94. The van der Waals surface area contributed by atoms with Crippen molar-refractivity contribution in [1.29, 1.82) is 0 Å². The summed E-state index contributed by atoms with van der Waals surface area (Å²) in [5, 5.41) is 1.42. The Morgan fingerprint density at radius 2 is 2.14 bits per heavy atom. The number of ether oxygens (including phenoxy) is 1. The van der Waals surface area contributed by atoms with Crippen molar-refractivity contribution in [3.63, 3.8) is 0 Å². The van der Waals surface area contributed by atoms with Crippen LogP contribution in [0.15, 0.2) is 30.1 Å². The summed E-state index contributed by atoms with van der Waals surface area (Å²) in [6.07, 6.45) is 2.51. The first kappa shape index (κ1) is 17.4. The molecule has 2 heterocycles. The van der Waals surface area contributed by atoms with E-state index in [1.165, 1.54) is 18.2 Å². The fourth-order valence-electron chi connectivity index (χ4n) is 2.63. The number of aryl methyl sites for hydroxylation is 1. The summed E-state index contributed by atoms with van der Waals surface area (Å²) in [6, 6.07) is 5.36. The summed E-state index contributed by atoms with van der Waals surface area (Å²) in [6.45, 7) is 9.59. The van der Waals surface area contributed by atoms with Gasteiger partial charge in [-0.2, -0.15) is 0 Å². The zero-order valence-corrected chi connectivity index (χ0v) is 14.3. The van der Waals surface area contributed by atoms with Gasteiger partial charge < -0.3 is 15.4 Å². The third-order valence-corrected chi connectivity index (χ3v) is 5.53. The van der Waals surface area contributed by atoms with Crippen molar-refractivity contribution < 1.29 is 9.13 Å². The number of nitrogens with two attached hydrogens (primary N) is 1. The fraction of sp³-hybridized carbons (Fsp3) is 0.529. The molecule has 0 aliphatic carbocycles. The van der Waals surface area contributed by atoms with Crippen molar-refractivity contribution in [3.8, 4) is 0 Å². The monoisotopic (exact) mass is 324 g/mol. The third kappa shape index (κ3) is 5.05. The molecule has 3 nitrogen and oxygen atoms in total. The molecule has 122 valence electrons.